The summed E-state index contributed by atoms with van der Waals surface area (Å²) < 4.78 is 0. The highest BCUT2D eigenvalue weighted by atomic mass is 35.5. The lowest BCUT2D eigenvalue weighted by atomic mass is 10.1. The third-order valence-electron chi connectivity index (χ3n) is 4.25. The minimum absolute atomic E-state index is 0.383. The number of nitrogens with zero attached hydrogens (tertiary/aromatic N) is 3. The highest BCUT2D eigenvalue weighted by Crippen LogP contribution is 2.23. The average molecular weight is 317 g/mol. The summed E-state index contributed by atoms with van der Waals surface area (Å²) in [6.45, 7) is 6.20. The van der Waals surface area contributed by atoms with Crippen molar-refractivity contribution in [3.8, 4) is 0 Å². The van der Waals surface area contributed by atoms with Crippen molar-refractivity contribution in [3.63, 3.8) is 0 Å². The molecule has 3 rings (SSSR count). The lowest BCUT2D eigenvalue weighted by Crippen LogP contribution is -2.36. The van der Waals surface area contributed by atoms with Crippen LogP contribution >= 0.6 is 11.6 Å². The molecule has 1 N–H and O–H groups in total. The molecule has 1 aromatic carbocycles. The van der Waals surface area contributed by atoms with Gasteiger partial charge in [0, 0.05) is 31.2 Å². The lowest BCUT2D eigenvalue weighted by molar-refractivity contribution is 0.255. The van der Waals surface area contributed by atoms with E-state index in [0.717, 1.165) is 25.3 Å². The van der Waals surface area contributed by atoms with Crippen LogP contribution in [0.2, 0.25) is 5.15 Å². The van der Waals surface area contributed by atoms with E-state index in [0.29, 0.717) is 23.1 Å². The summed E-state index contributed by atoms with van der Waals surface area (Å²) in [7, 11) is 0. The molecule has 2 heterocycles. The zero-order valence-electron chi connectivity index (χ0n) is 13.0. The number of halogens is 1. The normalized spacial score (nSPS) is 22.0. The maximum Gasteiger partial charge on any atom is 0.134 e. The smallest absolute Gasteiger partial charge is 0.134 e. The summed E-state index contributed by atoms with van der Waals surface area (Å²) in [5.41, 5.74) is 1.36. The van der Waals surface area contributed by atoms with Crippen LogP contribution in [0.1, 0.15) is 24.7 Å². The third kappa shape index (κ3) is 3.57. The Kier molecular flexibility index (Phi) is 4.60. The number of benzene rings is 1. The SMILES string of the molecule is Cc1nc(Cl)cc(NC2CCN(Cc3ccccc3)C2C)n1. The van der Waals surface area contributed by atoms with Gasteiger partial charge in [0.1, 0.15) is 16.8 Å². The largest absolute Gasteiger partial charge is 0.366 e. The molecule has 0 amide bonds. The fourth-order valence-electron chi connectivity index (χ4n) is 3.03. The average Bonchev–Trinajstić information content (AvgIpc) is 2.80. The Labute approximate surface area is 136 Å². The quantitative estimate of drug-likeness (QED) is 0.876. The van der Waals surface area contributed by atoms with Crippen LogP contribution in [0.5, 0.6) is 0 Å². The molecule has 1 aliphatic rings. The molecule has 2 atom stereocenters. The third-order valence-corrected chi connectivity index (χ3v) is 4.45. The fraction of sp³-hybridized carbons (Fsp3) is 0.412. The van der Waals surface area contributed by atoms with Crippen molar-refractivity contribution in [2.45, 2.75) is 38.9 Å². The first kappa shape index (κ1) is 15.3. The van der Waals surface area contributed by atoms with Crippen molar-refractivity contribution in [1.82, 2.24) is 14.9 Å². The second-order valence-corrected chi connectivity index (χ2v) is 6.25. The summed E-state index contributed by atoms with van der Waals surface area (Å²) in [5.74, 6) is 1.51. The van der Waals surface area contributed by atoms with Gasteiger partial charge in [0.2, 0.25) is 0 Å². The Morgan fingerprint density at radius 1 is 1.27 bits per heavy atom. The molecule has 0 aliphatic carbocycles. The van der Waals surface area contributed by atoms with Crippen molar-refractivity contribution < 1.29 is 0 Å². The predicted octanol–water partition coefficient (Wildman–Crippen LogP) is 3.51. The first-order valence-corrected chi connectivity index (χ1v) is 8.05. The van der Waals surface area contributed by atoms with Crippen LogP contribution in [0, 0.1) is 6.92 Å². The molecule has 116 valence electrons. The summed E-state index contributed by atoms with van der Waals surface area (Å²) >= 11 is 6.01. The van der Waals surface area contributed by atoms with E-state index in [1.54, 1.807) is 6.07 Å². The highest BCUT2D eigenvalue weighted by molar-refractivity contribution is 6.29. The van der Waals surface area contributed by atoms with Crippen LogP contribution in [0.25, 0.3) is 0 Å². The molecule has 2 aromatic rings. The number of anilines is 1. The Bertz CT molecular complexity index is 612. The van der Waals surface area contributed by atoms with Gasteiger partial charge in [-0.25, -0.2) is 9.97 Å². The number of aromatic nitrogens is 2. The Morgan fingerprint density at radius 3 is 2.77 bits per heavy atom. The van der Waals surface area contributed by atoms with Crippen LogP contribution in [-0.4, -0.2) is 33.5 Å². The van der Waals surface area contributed by atoms with Gasteiger partial charge in [0.15, 0.2) is 0 Å². The highest BCUT2D eigenvalue weighted by Gasteiger charge is 2.30. The molecule has 0 saturated carbocycles. The van der Waals surface area contributed by atoms with E-state index < -0.39 is 0 Å². The van der Waals surface area contributed by atoms with Gasteiger partial charge in [-0.3, -0.25) is 4.90 Å². The standard InChI is InChI=1S/C17H21ClN4/c1-12-15(21-17-10-16(18)19-13(2)20-17)8-9-22(12)11-14-6-4-3-5-7-14/h3-7,10,12,15H,8-9,11H2,1-2H3,(H,19,20,21). The summed E-state index contributed by atoms with van der Waals surface area (Å²) in [5, 5.41) is 4.00. The van der Waals surface area contributed by atoms with Gasteiger partial charge in [-0.05, 0) is 25.8 Å². The van der Waals surface area contributed by atoms with Crippen molar-refractivity contribution >= 4 is 17.4 Å². The van der Waals surface area contributed by atoms with Crippen LogP contribution in [0.4, 0.5) is 5.82 Å². The Balaban J connectivity index is 1.64. The van der Waals surface area contributed by atoms with Gasteiger partial charge < -0.3 is 5.32 Å². The Morgan fingerprint density at radius 2 is 2.05 bits per heavy atom. The molecule has 1 aliphatic heterocycles. The van der Waals surface area contributed by atoms with E-state index in [4.69, 9.17) is 11.6 Å². The van der Waals surface area contributed by atoms with E-state index in [-0.39, 0.29) is 0 Å². The van der Waals surface area contributed by atoms with Gasteiger partial charge in [-0.1, -0.05) is 41.9 Å². The molecule has 22 heavy (non-hydrogen) atoms. The van der Waals surface area contributed by atoms with Gasteiger partial charge in [0.25, 0.3) is 0 Å². The predicted molar refractivity (Wildman–Crippen MR) is 90.1 cm³/mol. The van der Waals surface area contributed by atoms with Crippen LogP contribution in [0.15, 0.2) is 36.4 Å². The number of likely N-dealkylation sites (tertiary alicyclic amines) is 1. The van der Waals surface area contributed by atoms with Crippen molar-refractivity contribution in [2.24, 2.45) is 0 Å². The van der Waals surface area contributed by atoms with Crippen LogP contribution in [0.3, 0.4) is 0 Å². The lowest BCUT2D eigenvalue weighted by Gasteiger charge is -2.25. The molecule has 1 aromatic heterocycles. The Hall–Kier alpha value is -1.65. The minimum Gasteiger partial charge on any atom is -0.366 e. The molecule has 2 unspecified atom stereocenters. The maximum absolute atomic E-state index is 6.01. The van der Waals surface area contributed by atoms with Gasteiger partial charge in [-0.15, -0.1) is 0 Å². The molecule has 1 fully saturated rings. The zero-order chi connectivity index (χ0) is 15.5. The van der Waals surface area contributed by atoms with E-state index in [9.17, 15) is 0 Å². The summed E-state index contributed by atoms with van der Waals surface area (Å²) in [4.78, 5) is 11.0. The van der Waals surface area contributed by atoms with Crippen molar-refractivity contribution in [3.05, 3.63) is 52.9 Å². The van der Waals surface area contributed by atoms with Gasteiger partial charge >= 0.3 is 0 Å². The second kappa shape index (κ2) is 6.63. The van der Waals surface area contributed by atoms with Crippen molar-refractivity contribution in [1.29, 1.82) is 0 Å². The van der Waals surface area contributed by atoms with E-state index in [1.807, 2.05) is 6.92 Å². The number of aryl methyl sites for hydroxylation is 1. The first-order chi connectivity index (χ1) is 10.6. The number of hydrogen-bond donors (Lipinski definition) is 1. The van der Waals surface area contributed by atoms with E-state index >= 15 is 0 Å². The van der Waals surface area contributed by atoms with E-state index in [1.165, 1.54) is 5.56 Å². The molecule has 4 nitrogen and oxygen atoms in total. The topological polar surface area (TPSA) is 41.1 Å². The molecule has 5 heteroatoms. The molecular weight excluding hydrogens is 296 g/mol. The number of hydrogen-bond acceptors (Lipinski definition) is 4. The molecule has 1 saturated heterocycles. The number of nitrogens with one attached hydrogen (secondary N) is 1. The summed E-state index contributed by atoms with van der Waals surface area (Å²) in [6.07, 6.45) is 1.11. The van der Waals surface area contributed by atoms with Gasteiger partial charge in [0.05, 0.1) is 0 Å². The van der Waals surface area contributed by atoms with Gasteiger partial charge in [-0.2, -0.15) is 0 Å². The van der Waals surface area contributed by atoms with Crippen LogP contribution < -0.4 is 5.32 Å². The number of rotatable bonds is 4. The first-order valence-electron chi connectivity index (χ1n) is 7.67. The summed E-state index contributed by atoms with van der Waals surface area (Å²) in [6, 6.07) is 13.2. The maximum atomic E-state index is 6.01. The second-order valence-electron chi connectivity index (χ2n) is 5.86. The van der Waals surface area contributed by atoms with E-state index in [2.05, 4.69) is 57.4 Å². The molecule has 0 radical (unpaired) electrons. The molecule has 0 bridgehead atoms. The van der Waals surface area contributed by atoms with Crippen molar-refractivity contribution in [2.75, 3.05) is 11.9 Å². The monoisotopic (exact) mass is 316 g/mol. The molecule has 0 spiro atoms. The fourth-order valence-corrected chi connectivity index (χ4v) is 3.26. The van der Waals surface area contributed by atoms with Crippen LogP contribution in [-0.2, 0) is 6.54 Å². The zero-order valence-corrected chi connectivity index (χ0v) is 13.7. The molecular formula is C17H21ClN4. The minimum atomic E-state index is 0.383.